The van der Waals surface area contributed by atoms with Gasteiger partial charge >= 0.3 is 0 Å². The van der Waals surface area contributed by atoms with Gasteiger partial charge in [-0.3, -0.25) is 14.5 Å². The molecular formula is C21H26BrN3O2. The second-order valence-electron chi connectivity index (χ2n) is 6.90. The average Bonchev–Trinajstić information content (AvgIpc) is 2.58. The molecule has 2 aromatic carbocycles. The van der Waals surface area contributed by atoms with Crippen LogP contribution in [0.15, 0.2) is 40.9 Å². The van der Waals surface area contributed by atoms with Crippen molar-refractivity contribution in [2.45, 2.75) is 27.3 Å². The van der Waals surface area contributed by atoms with E-state index in [-0.39, 0.29) is 24.9 Å². The van der Waals surface area contributed by atoms with E-state index >= 15 is 0 Å². The van der Waals surface area contributed by atoms with Crippen LogP contribution in [0.3, 0.4) is 0 Å². The lowest BCUT2D eigenvalue weighted by molar-refractivity contribution is -0.124. The molecule has 27 heavy (non-hydrogen) atoms. The summed E-state index contributed by atoms with van der Waals surface area (Å²) in [6.45, 7) is 6.80. The first-order valence-electron chi connectivity index (χ1n) is 8.82. The number of carbonyl (C=O) groups is 2. The van der Waals surface area contributed by atoms with Gasteiger partial charge in [0.05, 0.1) is 13.1 Å². The van der Waals surface area contributed by atoms with Crippen molar-refractivity contribution in [2.75, 3.05) is 25.5 Å². The van der Waals surface area contributed by atoms with Crippen molar-refractivity contribution in [3.8, 4) is 0 Å². The van der Waals surface area contributed by atoms with Crippen LogP contribution in [-0.2, 0) is 16.1 Å². The molecule has 0 saturated carbocycles. The number of benzene rings is 2. The maximum absolute atomic E-state index is 12.2. The summed E-state index contributed by atoms with van der Waals surface area (Å²) in [5, 5.41) is 5.57. The minimum atomic E-state index is -0.228. The van der Waals surface area contributed by atoms with E-state index in [1.165, 1.54) is 0 Å². The third kappa shape index (κ3) is 6.81. The molecular weight excluding hydrogens is 406 g/mol. The first-order chi connectivity index (χ1) is 12.7. The molecule has 0 aliphatic carbocycles. The van der Waals surface area contributed by atoms with E-state index in [4.69, 9.17) is 0 Å². The normalized spacial score (nSPS) is 10.7. The number of nitrogens with one attached hydrogen (secondary N) is 2. The van der Waals surface area contributed by atoms with Gasteiger partial charge in [0.2, 0.25) is 11.8 Å². The van der Waals surface area contributed by atoms with Crippen molar-refractivity contribution < 1.29 is 9.59 Å². The summed E-state index contributed by atoms with van der Waals surface area (Å²) < 4.78 is 1.02. The number of aryl methyl sites for hydroxylation is 3. The van der Waals surface area contributed by atoms with Crippen molar-refractivity contribution >= 4 is 33.4 Å². The molecule has 0 aromatic heterocycles. The summed E-state index contributed by atoms with van der Waals surface area (Å²) >= 11 is 3.41. The highest BCUT2D eigenvalue weighted by Gasteiger charge is 2.11. The quantitative estimate of drug-likeness (QED) is 0.704. The SMILES string of the molecule is Cc1cc(C)c(NC(=O)CNC(=O)CN(C)Cc2ccc(Br)cc2)c(C)c1. The molecule has 0 aliphatic heterocycles. The first-order valence-corrected chi connectivity index (χ1v) is 9.61. The second-order valence-corrected chi connectivity index (χ2v) is 7.81. The fourth-order valence-electron chi connectivity index (χ4n) is 3.00. The lowest BCUT2D eigenvalue weighted by Crippen LogP contribution is -2.39. The van der Waals surface area contributed by atoms with E-state index in [1.807, 2.05) is 69.1 Å². The molecule has 144 valence electrons. The minimum Gasteiger partial charge on any atom is -0.346 e. The van der Waals surface area contributed by atoms with E-state index in [2.05, 4.69) is 26.6 Å². The summed E-state index contributed by atoms with van der Waals surface area (Å²) in [6.07, 6.45) is 0. The number of amides is 2. The van der Waals surface area contributed by atoms with Crippen LogP contribution in [0.4, 0.5) is 5.69 Å². The van der Waals surface area contributed by atoms with Gasteiger partial charge in [0.25, 0.3) is 0 Å². The van der Waals surface area contributed by atoms with Crippen LogP contribution in [0.2, 0.25) is 0 Å². The van der Waals surface area contributed by atoms with Gasteiger partial charge in [-0.25, -0.2) is 0 Å². The van der Waals surface area contributed by atoms with Gasteiger partial charge in [-0.1, -0.05) is 45.8 Å². The molecule has 0 aliphatic rings. The molecule has 2 aromatic rings. The summed E-state index contributed by atoms with van der Waals surface area (Å²) in [5.74, 6) is -0.406. The Kier molecular flexibility index (Phi) is 7.56. The number of carbonyl (C=O) groups excluding carboxylic acids is 2. The molecule has 0 fully saturated rings. The molecule has 2 rings (SSSR count). The molecule has 6 heteroatoms. The number of hydrogen-bond acceptors (Lipinski definition) is 3. The van der Waals surface area contributed by atoms with Crippen molar-refractivity contribution in [1.29, 1.82) is 0 Å². The molecule has 2 N–H and O–H groups in total. The highest BCUT2D eigenvalue weighted by molar-refractivity contribution is 9.10. The smallest absolute Gasteiger partial charge is 0.243 e. The Morgan fingerprint density at radius 3 is 2.19 bits per heavy atom. The average molecular weight is 432 g/mol. The Hall–Kier alpha value is -2.18. The van der Waals surface area contributed by atoms with E-state index in [0.717, 1.165) is 32.4 Å². The molecule has 0 bridgehead atoms. The monoisotopic (exact) mass is 431 g/mol. The number of nitrogens with zero attached hydrogens (tertiary/aromatic N) is 1. The van der Waals surface area contributed by atoms with Gasteiger partial charge in [-0.15, -0.1) is 0 Å². The van der Waals surface area contributed by atoms with Crippen LogP contribution in [0, 0.1) is 20.8 Å². The van der Waals surface area contributed by atoms with E-state index in [9.17, 15) is 9.59 Å². The van der Waals surface area contributed by atoms with Crippen molar-refractivity contribution in [1.82, 2.24) is 10.2 Å². The Morgan fingerprint density at radius 1 is 1.00 bits per heavy atom. The molecule has 0 heterocycles. The maximum Gasteiger partial charge on any atom is 0.243 e. The van der Waals surface area contributed by atoms with Gasteiger partial charge in [0, 0.05) is 16.7 Å². The highest BCUT2D eigenvalue weighted by atomic mass is 79.9. The Morgan fingerprint density at radius 2 is 1.59 bits per heavy atom. The lowest BCUT2D eigenvalue weighted by Gasteiger charge is -2.17. The minimum absolute atomic E-state index is 0.0439. The molecule has 2 amide bonds. The summed E-state index contributed by atoms with van der Waals surface area (Å²) in [5.41, 5.74) is 5.12. The standard InChI is InChI=1S/C21H26BrN3O2/c1-14-9-15(2)21(16(3)10-14)24-19(26)11-23-20(27)13-25(4)12-17-5-7-18(22)8-6-17/h5-10H,11-13H2,1-4H3,(H,23,27)(H,24,26). The van der Waals surface area contributed by atoms with E-state index < -0.39 is 0 Å². The third-order valence-electron chi connectivity index (χ3n) is 4.17. The number of hydrogen-bond donors (Lipinski definition) is 2. The van der Waals surface area contributed by atoms with Gasteiger partial charge in [0.15, 0.2) is 0 Å². The zero-order chi connectivity index (χ0) is 20.0. The number of anilines is 1. The zero-order valence-electron chi connectivity index (χ0n) is 16.2. The van der Waals surface area contributed by atoms with Crippen LogP contribution >= 0.6 is 15.9 Å². The summed E-state index contributed by atoms with van der Waals surface area (Å²) in [7, 11) is 1.88. The van der Waals surface area contributed by atoms with Crippen molar-refractivity contribution in [2.24, 2.45) is 0 Å². The first kappa shape index (κ1) is 21.1. The largest absolute Gasteiger partial charge is 0.346 e. The van der Waals surface area contributed by atoms with Crippen LogP contribution < -0.4 is 10.6 Å². The Bertz CT molecular complexity index is 796. The second kappa shape index (κ2) is 9.67. The molecule has 0 spiro atoms. The molecule has 5 nitrogen and oxygen atoms in total. The Labute approximate surface area is 169 Å². The lowest BCUT2D eigenvalue weighted by atomic mass is 10.1. The molecule has 0 atom stereocenters. The predicted molar refractivity (Wildman–Crippen MR) is 113 cm³/mol. The van der Waals surface area contributed by atoms with Crippen LogP contribution in [0.5, 0.6) is 0 Å². The Balaban J connectivity index is 1.79. The van der Waals surface area contributed by atoms with Gasteiger partial charge < -0.3 is 10.6 Å². The van der Waals surface area contributed by atoms with E-state index in [0.29, 0.717) is 6.54 Å². The summed E-state index contributed by atoms with van der Waals surface area (Å²) in [6, 6.07) is 12.0. The predicted octanol–water partition coefficient (Wildman–Crippen LogP) is 3.56. The summed E-state index contributed by atoms with van der Waals surface area (Å²) in [4.78, 5) is 26.2. The number of likely N-dealkylation sites (N-methyl/N-ethyl adjacent to an activating group) is 1. The van der Waals surface area contributed by atoms with E-state index in [1.54, 1.807) is 0 Å². The van der Waals surface area contributed by atoms with Crippen LogP contribution in [0.25, 0.3) is 0 Å². The third-order valence-corrected chi connectivity index (χ3v) is 4.70. The topological polar surface area (TPSA) is 61.4 Å². The molecule has 0 unspecified atom stereocenters. The van der Waals surface area contributed by atoms with Crippen LogP contribution in [0.1, 0.15) is 22.3 Å². The fraction of sp³-hybridized carbons (Fsp3) is 0.333. The highest BCUT2D eigenvalue weighted by Crippen LogP contribution is 2.21. The van der Waals surface area contributed by atoms with Gasteiger partial charge in [-0.05, 0) is 56.6 Å². The molecule has 0 radical (unpaired) electrons. The maximum atomic E-state index is 12.2. The number of halogens is 1. The van der Waals surface area contributed by atoms with Gasteiger partial charge in [0.1, 0.15) is 0 Å². The zero-order valence-corrected chi connectivity index (χ0v) is 17.8. The van der Waals surface area contributed by atoms with Crippen molar-refractivity contribution in [3.63, 3.8) is 0 Å². The van der Waals surface area contributed by atoms with Crippen molar-refractivity contribution in [3.05, 3.63) is 63.1 Å². The fourth-order valence-corrected chi connectivity index (χ4v) is 3.26. The van der Waals surface area contributed by atoms with Gasteiger partial charge in [-0.2, -0.15) is 0 Å². The van der Waals surface area contributed by atoms with Crippen LogP contribution in [-0.4, -0.2) is 36.9 Å². The molecule has 0 saturated heterocycles. The number of rotatable bonds is 7.